The van der Waals surface area contributed by atoms with Crippen molar-refractivity contribution in [1.29, 1.82) is 0 Å². The smallest absolute Gasteiger partial charge is 0.125 e. The molecule has 0 spiro atoms. The summed E-state index contributed by atoms with van der Waals surface area (Å²) in [7, 11) is 8.63. The number of rotatable bonds is 0. The van der Waals surface area contributed by atoms with Crippen molar-refractivity contribution in [3.8, 4) is 0 Å². The van der Waals surface area contributed by atoms with Gasteiger partial charge in [-0.1, -0.05) is 12.5 Å². The summed E-state index contributed by atoms with van der Waals surface area (Å²) in [4.78, 5) is 21.1. The third-order valence-electron chi connectivity index (χ3n) is 6.99. The highest BCUT2D eigenvalue weighted by molar-refractivity contribution is 4.99. The molecule has 0 aromatic carbocycles. The zero-order valence-electron chi connectivity index (χ0n) is 27.1. The van der Waals surface area contributed by atoms with E-state index in [0.717, 1.165) is 50.9 Å². The molecule has 4 fully saturated rings. The SMILES string of the molecule is CN1CCCC1.CN1CCCCC1.CN1CCNCC1.CN1CCOCC1.Cc1ccccn1.Cc1ncccn1. The van der Waals surface area contributed by atoms with Gasteiger partial charge in [0.05, 0.1) is 13.2 Å². The second-order valence-electron chi connectivity index (χ2n) is 11.1. The van der Waals surface area contributed by atoms with E-state index in [1.54, 1.807) is 24.7 Å². The van der Waals surface area contributed by atoms with Crippen molar-refractivity contribution in [1.82, 2.24) is 39.9 Å². The van der Waals surface area contributed by atoms with Gasteiger partial charge in [-0.25, -0.2) is 9.97 Å². The van der Waals surface area contributed by atoms with Crippen LogP contribution in [0.4, 0.5) is 0 Å². The average Bonchev–Trinajstić information content (AvgIpc) is 3.48. The molecule has 9 nitrogen and oxygen atoms in total. The zero-order valence-corrected chi connectivity index (χ0v) is 27.1. The fraction of sp³-hybridized carbons (Fsp3) is 0.719. The van der Waals surface area contributed by atoms with Crippen LogP contribution in [0.3, 0.4) is 0 Å². The van der Waals surface area contributed by atoms with Crippen LogP contribution in [0.15, 0.2) is 42.9 Å². The van der Waals surface area contributed by atoms with Crippen LogP contribution in [0, 0.1) is 13.8 Å². The second-order valence-corrected chi connectivity index (χ2v) is 11.1. The number of ether oxygens (including phenoxy) is 1. The van der Waals surface area contributed by atoms with Gasteiger partial charge in [0.1, 0.15) is 5.82 Å². The molecule has 2 aromatic rings. The molecule has 4 aliphatic rings. The molecular formula is C32H60N8O. The molecule has 41 heavy (non-hydrogen) atoms. The van der Waals surface area contributed by atoms with Crippen molar-refractivity contribution in [2.75, 3.05) is 107 Å². The highest BCUT2D eigenvalue weighted by atomic mass is 16.5. The Hall–Kier alpha value is -2.01. The van der Waals surface area contributed by atoms with Gasteiger partial charge >= 0.3 is 0 Å². The number of pyridine rings is 1. The lowest BCUT2D eigenvalue weighted by Crippen LogP contribution is -2.40. The van der Waals surface area contributed by atoms with Crippen molar-refractivity contribution in [2.24, 2.45) is 0 Å². The number of aromatic nitrogens is 3. The minimum Gasteiger partial charge on any atom is -0.379 e. The number of likely N-dealkylation sites (tertiary alicyclic amines) is 2. The molecule has 0 bridgehead atoms. The maximum Gasteiger partial charge on any atom is 0.125 e. The van der Waals surface area contributed by atoms with Gasteiger partial charge in [-0.15, -0.1) is 0 Å². The first-order valence-corrected chi connectivity index (χ1v) is 15.5. The fourth-order valence-corrected chi connectivity index (χ4v) is 4.18. The largest absolute Gasteiger partial charge is 0.379 e. The van der Waals surface area contributed by atoms with Crippen LogP contribution in [0.1, 0.15) is 43.6 Å². The normalized spacial score (nSPS) is 19.7. The van der Waals surface area contributed by atoms with Gasteiger partial charge in [0.15, 0.2) is 0 Å². The minimum atomic E-state index is 0.822. The van der Waals surface area contributed by atoms with Gasteiger partial charge in [0.2, 0.25) is 0 Å². The van der Waals surface area contributed by atoms with Crippen LogP contribution in [0.25, 0.3) is 0 Å². The van der Waals surface area contributed by atoms with Crippen LogP contribution < -0.4 is 5.32 Å². The second kappa shape index (κ2) is 25.7. The fourth-order valence-electron chi connectivity index (χ4n) is 4.18. The van der Waals surface area contributed by atoms with Crippen LogP contribution >= 0.6 is 0 Å². The molecule has 6 heterocycles. The van der Waals surface area contributed by atoms with Gasteiger partial charge in [0.25, 0.3) is 0 Å². The third kappa shape index (κ3) is 24.3. The maximum absolute atomic E-state index is 5.10. The maximum atomic E-state index is 5.10. The van der Waals surface area contributed by atoms with Crippen molar-refractivity contribution in [3.05, 3.63) is 54.4 Å². The highest BCUT2D eigenvalue weighted by Crippen LogP contribution is 2.04. The van der Waals surface area contributed by atoms with E-state index >= 15 is 0 Å². The van der Waals surface area contributed by atoms with Crippen molar-refractivity contribution in [3.63, 3.8) is 0 Å². The molecule has 0 aliphatic carbocycles. The molecule has 9 heteroatoms. The van der Waals surface area contributed by atoms with Gasteiger partial charge in [-0.3, -0.25) is 4.98 Å². The Kier molecular flexibility index (Phi) is 23.2. The van der Waals surface area contributed by atoms with Crippen molar-refractivity contribution >= 4 is 0 Å². The summed E-state index contributed by atoms with van der Waals surface area (Å²) in [5.41, 5.74) is 1.07. The number of likely N-dealkylation sites (N-methyl/N-ethyl adjacent to an activating group) is 2. The molecule has 234 valence electrons. The van der Waals surface area contributed by atoms with Crippen LogP contribution in [-0.2, 0) is 4.74 Å². The summed E-state index contributed by atoms with van der Waals surface area (Å²) in [5, 5.41) is 3.27. The van der Waals surface area contributed by atoms with Crippen molar-refractivity contribution < 1.29 is 4.74 Å². The quantitative estimate of drug-likeness (QED) is 0.511. The lowest BCUT2D eigenvalue weighted by atomic mass is 10.1. The Morgan fingerprint density at radius 3 is 1.27 bits per heavy atom. The van der Waals surface area contributed by atoms with E-state index in [0.29, 0.717) is 0 Å². The van der Waals surface area contributed by atoms with E-state index in [2.05, 4.69) is 68.1 Å². The molecule has 0 unspecified atom stereocenters. The Labute approximate surface area is 251 Å². The number of morpholine rings is 1. The number of nitrogens with one attached hydrogen (secondary N) is 1. The van der Waals surface area contributed by atoms with E-state index in [-0.39, 0.29) is 0 Å². The van der Waals surface area contributed by atoms with Crippen LogP contribution in [0.5, 0.6) is 0 Å². The lowest BCUT2D eigenvalue weighted by Gasteiger charge is -2.21. The Bertz CT molecular complexity index is 714. The monoisotopic (exact) mass is 572 g/mol. The average molecular weight is 573 g/mol. The summed E-state index contributed by atoms with van der Waals surface area (Å²) in [5.74, 6) is 0.822. The molecule has 0 amide bonds. The number of piperidine rings is 1. The lowest BCUT2D eigenvalue weighted by molar-refractivity contribution is 0.0503. The molecule has 4 aliphatic heterocycles. The van der Waals surface area contributed by atoms with Crippen LogP contribution in [-0.4, -0.2) is 141 Å². The summed E-state index contributed by atoms with van der Waals surface area (Å²) in [6.07, 6.45) is 12.3. The number of piperazine rings is 1. The molecule has 1 N–H and O–H groups in total. The first kappa shape index (κ1) is 37.0. The summed E-state index contributed by atoms with van der Waals surface area (Å²) in [6, 6.07) is 7.66. The first-order chi connectivity index (χ1) is 19.9. The molecular weight excluding hydrogens is 512 g/mol. The number of hydrogen-bond acceptors (Lipinski definition) is 9. The molecule has 0 saturated carbocycles. The summed E-state index contributed by atoms with van der Waals surface area (Å²) < 4.78 is 5.10. The molecule has 0 atom stereocenters. The Balaban J connectivity index is 0.000000246. The third-order valence-corrected chi connectivity index (χ3v) is 6.99. The molecule has 4 saturated heterocycles. The predicted octanol–water partition coefficient (Wildman–Crippen LogP) is 3.46. The van der Waals surface area contributed by atoms with Gasteiger partial charge in [-0.05, 0) is 112 Å². The van der Waals surface area contributed by atoms with E-state index < -0.39 is 0 Å². The molecule has 0 radical (unpaired) electrons. The number of nitrogens with zero attached hydrogens (tertiary/aromatic N) is 7. The standard InChI is InChI=1S/C6H13N.C6H7N.C5H12N2.C5H6N2.C5H11NO.C5H11N/c1-7-5-3-2-4-6-7;1-6-4-2-3-5-7-6;1-7-4-2-6-3-5-7;1-5-6-3-2-4-7-5;1-6-2-4-7-5-3-6;1-6-4-2-3-5-6/h2-6H2,1H3;2-5H,1H3;6H,2-5H2,1H3;2-4H,1H3;2-5H2,1H3;2-5H2,1H3. The molecule has 6 rings (SSSR count). The Morgan fingerprint density at radius 1 is 0.561 bits per heavy atom. The minimum absolute atomic E-state index is 0.822. The van der Waals surface area contributed by atoms with E-state index in [1.165, 1.54) is 71.4 Å². The predicted molar refractivity (Wildman–Crippen MR) is 173 cm³/mol. The zero-order chi connectivity index (χ0) is 30.0. The van der Waals surface area contributed by atoms with Gasteiger partial charge < -0.3 is 29.7 Å². The number of hydrogen-bond donors (Lipinski definition) is 1. The topological polar surface area (TPSA) is 72.9 Å². The number of aryl methyl sites for hydroxylation is 2. The van der Waals surface area contributed by atoms with E-state index in [9.17, 15) is 0 Å². The Morgan fingerprint density at radius 2 is 1.02 bits per heavy atom. The van der Waals surface area contributed by atoms with E-state index in [4.69, 9.17) is 4.74 Å². The summed E-state index contributed by atoms with van der Waals surface area (Å²) >= 11 is 0. The van der Waals surface area contributed by atoms with Crippen molar-refractivity contribution in [2.45, 2.75) is 46.0 Å². The summed E-state index contributed by atoms with van der Waals surface area (Å²) in [6.45, 7) is 17.9. The van der Waals surface area contributed by atoms with Gasteiger partial charge in [-0.2, -0.15) is 0 Å². The van der Waals surface area contributed by atoms with Crippen LogP contribution in [0.2, 0.25) is 0 Å². The highest BCUT2D eigenvalue weighted by Gasteiger charge is 2.04. The van der Waals surface area contributed by atoms with E-state index in [1.807, 2.05) is 32.0 Å². The first-order valence-electron chi connectivity index (χ1n) is 15.5. The molecule has 2 aromatic heterocycles. The van der Waals surface area contributed by atoms with Gasteiger partial charge in [0, 0.05) is 63.6 Å².